The molecular weight excluding hydrogens is 359 g/mol. The predicted molar refractivity (Wildman–Crippen MR) is 97.7 cm³/mol. The van der Waals surface area contributed by atoms with Crippen molar-refractivity contribution in [3.8, 4) is 11.9 Å². The molecule has 126 valence electrons. The first-order valence-electron chi connectivity index (χ1n) is 7.45. The van der Waals surface area contributed by atoms with Gasteiger partial charge < -0.3 is 10.5 Å². The Kier molecular flexibility index (Phi) is 5.13. The van der Waals surface area contributed by atoms with E-state index in [4.69, 9.17) is 33.7 Å². The highest BCUT2D eigenvalue weighted by molar-refractivity contribution is 6.31. The van der Waals surface area contributed by atoms with Crippen molar-refractivity contribution in [2.24, 2.45) is 0 Å². The summed E-state index contributed by atoms with van der Waals surface area (Å²) in [5, 5.41) is 14.9. The SMILES string of the molecule is N#Cc1c(OCc2ccccc2Cl)nn(Cc2ccc(Cl)cc2)c1N. The van der Waals surface area contributed by atoms with Gasteiger partial charge in [0.05, 0.1) is 6.54 Å². The number of nitriles is 1. The molecule has 3 rings (SSSR count). The van der Waals surface area contributed by atoms with Crippen molar-refractivity contribution in [1.82, 2.24) is 9.78 Å². The zero-order chi connectivity index (χ0) is 17.8. The number of hydrogen-bond donors (Lipinski definition) is 1. The summed E-state index contributed by atoms with van der Waals surface area (Å²) in [6.45, 7) is 0.610. The van der Waals surface area contributed by atoms with E-state index in [0.717, 1.165) is 11.1 Å². The minimum absolute atomic E-state index is 0.189. The molecule has 0 aliphatic carbocycles. The van der Waals surface area contributed by atoms with Crippen LogP contribution in [0.5, 0.6) is 5.88 Å². The first-order chi connectivity index (χ1) is 12.1. The Morgan fingerprint density at radius 1 is 1.12 bits per heavy atom. The molecule has 2 N–H and O–H groups in total. The Morgan fingerprint density at radius 2 is 1.84 bits per heavy atom. The molecule has 1 heterocycles. The van der Waals surface area contributed by atoms with Crippen LogP contribution >= 0.6 is 23.2 Å². The third-order valence-corrected chi connectivity index (χ3v) is 4.26. The lowest BCUT2D eigenvalue weighted by molar-refractivity contribution is 0.289. The number of nitrogens with two attached hydrogens (primary N) is 1. The van der Waals surface area contributed by atoms with Crippen molar-refractivity contribution in [2.75, 3.05) is 5.73 Å². The van der Waals surface area contributed by atoms with Crippen molar-refractivity contribution in [3.63, 3.8) is 0 Å². The van der Waals surface area contributed by atoms with Crippen LogP contribution in [0.2, 0.25) is 10.0 Å². The molecule has 0 saturated heterocycles. The first-order valence-corrected chi connectivity index (χ1v) is 8.21. The first kappa shape index (κ1) is 17.2. The summed E-state index contributed by atoms with van der Waals surface area (Å²) >= 11 is 12.0. The van der Waals surface area contributed by atoms with Crippen LogP contribution in [0.4, 0.5) is 5.82 Å². The lowest BCUT2D eigenvalue weighted by Gasteiger charge is -2.05. The number of rotatable bonds is 5. The van der Waals surface area contributed by atoms with Gasteiger partial charge >= 0.3 is 0 Å². The van der Waals surface area contributed by atoms with Gasteiger partial charge in [0, 0.05) is 15.6 Å². The van der Waals surface area contributed by atoms with Gasteiger partial charge in [-0.2, -0.15) is 5.26 Å². The molecule has 0 amide bonds. The fourth-order valence-electron chi connectivity index (χ4n) is 2.30. The zero-order valence-electron chi connectivity index (χ0n) is 13.1. The third-order valence-electron chi connectivity index (χ3n) is 3.64. The second-order valence-electron chi connectivity index (χ2n) is 5.34. The Hall–Kier alpha value is -2.68. The fourth-order valence-corrected chi connectivity index (χ4v) is 2.62. The fraction of sp³-hybridized carbons (Fsp3) is 0.111. The molecule has 0 fully saturated rings. The van der Waals surface area contributed by atoms with E-state index in [0.29, 0.717) is 16.6 Å². The Labute approximate surface area is 155 Å². The molecular formula is C18H14Cl2N4O. The van der Waals surface area contributed by atoms with Crippen molar-refractivity contribution >= 4 is 29.0 Å². The number of nitrogen functional groups attached to an aromatic ring is 1. The van der Waals surface area contributed by atoms with Crippen LogP contribution < -0.4 is 10.5 Å². The largest absolute Gasteiger partial charge is 0.471 e. The zero-order valence-corrected chi connectivity index (χ0v) is 14.6. The minimum Gasteiger partial charge on any atom is -0.471 e. The van der Waals surface area contributed by atoms with E-state index in [9.17, 15) is 5.26 Å². The van der Waals surface area contributed by atoms with Gasteiger partial charge in [-0.3, -0.25) is 0 Å². The number of nitrogens with zero attached hydrogens (tertiary/aromatic N) is 3. The summed E-state index contributed by atoms with van der Waals surface area (Å²) < 4.78 is 7.20. The van der Waals surface area contributed by atoms with Gasteiger partial charge in [0.25, 0.3) is 5.88 Å². The normalized spacial score (nSPS) is 10.4. The molecule has 0 spiro atoms. The number of halogens is 2. The molecule has 0 aliphatic rings. The van der Waals surface area contributed by atoms with E-state index in [1.165, 1.54) is 4.68 Å². The van der Waals surface area contributed by atoms with Crippen LogP contribution in [0.15, 0.2) is 48.5 Å². The molecule has 2 aromatic carbocycles. The molecule has 1 aromatic heterocycles. The number of hydrogen-bond acceptors (Lipinski definition) is 4. The number of aromatic nitrogens is 2. The summed E-state index contributed by atoms with van der Waals surface area (Å²) in [5.74, 6) is 0.445. The second-order valence-corrected chi connectivity index (χ2v) is 6.19. The van der Waals surface area contributed by atoms with Gasteiger partial charge in [0.2, 0.25) is 0 Å². The van der Waals surface area contributed by atoms with Crippen LogP contribution in [-0.4, -0.2) is 9.78 Å². The minimum atomic E-state index is 0.189. The Balaban J connectivity index is 1.81. The number of benzene rings is 2. The Bertz CT molecular complexity index is 929. The maximum atomic E-state index is 9.36. The third kappa shape index (κ3) is 3.87. The van der Waals surface area contributed by atoms with Crippen molar-refractivity contribution < 1.29 is 4.74 Å². The van der Waals surface area contributed by atoms with Crippen molar-refractivity contribution in [1.29, 1.82) is 5.26 Å². The summed E-state index contributed by atoms with van der Waals surface area (Å²) in [5.41, 5.74) is 8.01. The molecule has 5 nitrogen and oxygen atoms in total. The van der Waals surface area contributed by atoms with Crippen LogP contribution in [0.25, 0.3) is 0 Å². The molecule has 7 heteroatoms. The van der Waals surface area contributed by atoms with Gasteiger partial charge in [-0.1, -0.05) is 53.5 Å². The second kappa shape index (κ2) is 7.47. The van der Waals surface area contributed by atoms with E-state index in [-0.39, 0.29) is 23.9 Å². The quantitative estimate of drug-likeness (QED) is 0.725. The average Bonchev–Trinajstić information content (AvgIpc) is 2.91. The summed E-state index contributed by atoms with van der Waals surface area (Å²) in [6, 6.07) is 16.7. The van der Waals surface area contributed by atoms with Crippen LogP contribution in [0.3, 0.4) is 0 Å². The highest BCUT2D eigenvalue weighted by Gasteiger charge is 2.17. The van der Waals surface area contributed by atoms with E-state index in [1.807, 2.05) is 36.4 Å². The summed E-state index contributed by atoms with van der Waals surface area (Å²) in [7, 11) is 0. The molecule has 0 saturated carbocycles. The van der Waals surface area contributed by atoms with Gasteiger partial charge in [-0.05, 0) is 23.8 Å². The van der Waals surface area contributed by atoms with Crippen LogP contribution in [0.1, 0.15) is 16.7 Å². The average molecular weight is 373 g/mol. The van der Waals surface area contributed by atoms with Crippen molar-refractivity contribution in [3.05, 3.63) is 75.3 Å². The van der Waals surface area contributed by atoms with E-state index in [1.54, 1.807) is 18.2 Å². The van der Waals surface area contributed by atoms with Crippen LogP contribution in [-0.2, 0) is 13.2 Å². The number of ether oxygens (including phenoxy) is 1. The molecule has 0 bridgehead atoms. The number of anilines is 1. The highest BCUT2D eigenvalue weighted by Crippen LogP contribution is 2.26. The maximum absolute atomic E-state index is 9.36. The topological polar surface area (TPSA) is 76.9 Å². The summed E-state index contributed by atoms with van der Waals surface area (Å²) in [6.07, 6.45) is 0. The molecule has 3 aromatic rings. The standard InChI is InChI=1S/C18H14Cl2N4O/c19-14-7-5-12(6-8-14)10-24-17(22)15(9-21)18(23-24)25-11-13-3-1-2-4-16(13)20/h1-8H,10-11,22H2. The Morgan fingerprint density at radius 3 is 2.52 bits per heavy atom. The molecule has 0 atom stereocenters. The van der Waals surface area contributed by atoms with Gasteiger partial charge in [0.15, 0.2) is 5.56 Å². The van der Waals surface area contributed by atoms with E-state index < -0.39 is 0 Å². The monoisotopic (exact) mass is 372 g/mol. The molecule has 0 unspecified atom stereocenters. The maximum Gasteiger partial charge on any atom is 0.253 e. The van der Waals surface area contributed by atoms with Gasteiger partial charge in [-0.15, -0.1) is 5.10 Å². The van der Waals surface area contributed by atoms with Crippen molar-refractivity contribution in [2.45, 2.75) is 13.2 Å². The lowest BCUT2D eigenvalue weighted by atomic mass is 10.2. The lowest BCUT2D eigenvalue weighted by Crippen LogP contribution is -2.06. The molecule has 0 aliphatic heterocycles. The van der Waals surface area contributed by atoms with Gasteiger partial charge in [0.1, 0.15) is 18.5 Å². The van der Waals surface area contributed by atoms with E-state index >= 15 is 0 Å². The smallest absolute Gasteiger partial charge is 0.253 e. The van der Waals surface area contributed by atoms with Gasteiger partial charge in [-0.25, -0.2) is 4.68 Å². The van der Waals surface area contributed by atoms with Crippen LogP contribution in [0, 0.1) is 11.3 Å². The van der Waals surface area contributed by atoms with E-state index in [2.05, 4.69) is 5.10 Å². The predicted octanol–water partition coefficient (Wildman–Crippen LogP) is 4.27. The summed E-state index contributed by atoms with van der Waals surface area (Å²) in [4.78, 5) is 0. The highest BCUT2D eigenvalue weighted by atomic mass is 35.5. The molecule has 25 heavy (non-hydrogen) atoms. The molecule has 0 radical (unpaired) electrons.